The number of benzene rings is 3. The zero-order valence-corrected chi connectivity index (χ0v) is 19.9. The van der Waals surface area contributed by atoms with Crippen molar-refractivity contribution in [1.82, 2.24) is 5.32 Å². The van der Waals surface area contributed by atoms with Crippen molar-refractivity contribution < 1.29 is 14.3 Å². The van der Waals surface area contributed by atoms with E-state index in [0.717, 1.165) is 37.7 Å². The van der Waals surface area contributed by atoms with E-state index in [1.165, 1.54) is 33.4 Å². The quantitative estimate of drug-likeness (QED) is 0.242. The van der Waals surface area contributed by atoms with Crippen LogP contribution in [0.4, 0.5) is 0 Å². The van der Waals surface area contributed by atoms with Crippen molar-refractivity contribution in [2.75, 3.05) is 13.2 Å². The van der Waals surface area contributed by atoms with Crippen LogP contribution in [0.2, 0.25) is 0 Å². The zero-order chi connectivity index (χ0) is 23.8. The van der Waals surface area contributed by atoms with Crippen molar-refractivity contribution in [1.29, 1.82) is 0 Å². The van der Waals surface area contributed by atoms with Gasteiger partial charge in [0.15, 0.2) is 0 Å². The Labute approximate surface area is 202 Å². The predicted octanol–water partition coefficient (Wildman–Crippen LogP) is 5.44. The Bertz CT molecular complexity index is 1130. The van der Waals surface area contributed by atoms with Gasteiger partial charge in [-0.3, -0.25) is 9.59 Å². The summed E-state index contributed by atoms with van der Waals surface area (Å²) in [6.45, 7) is 2.91. The molecule has 4 rings (SSSR count). The predicted molar refractivity (Wildman–Crippen MR) is 136 cm³/mol. The molecule has 0 bridgehead atoms. The number of fused-ring (bicyclic) bond motifs is 3. The first kappa shape index (κ1) is 23.7. The highest BCUT2D eigenvalue weighted by Gasteiger charge is 2.21. The summed E-state index contributed by atoms with van der Waals surface area (Å²) in [6.07, 6.45) is 5.41. The van der Waals surface area contributed by atoms with Crippen LogP contribution in [0.25, 0.3) is 11.1 Å². The van der Waals surface area contributed by atoms with Gasteiger partial charge in [-0.2, -0.15) is 0 Å². The molecule has 0 saturated heterocycles. The molecule has 4 nitrogen and oxygen atoms in total. The minimum Gasteiger partial charge on any atom is -0.466 e. The molecule has 0 unspecified atom stereocenters. The fourth-order valence-corrected chi connectivity index (χ4v) is 4.67. The zero-order valence-electron chi connectivity index (χ0n) is 19.9. The third kappa shape index (κ3) is 6.13. The van der Waals surface area contributed by atoms with Crippen LogP contribution in [-0.4, -0.2) is 25.0 Å². The van der Waals surface area contributed by atoms with Gasteiger partial charge in [0.1, 0.15) is 0 Å². The summed E-state index contributed by atoms with van der Waals surface area (Å²) < 4.78 is 4.96. The first-order chi connectivity index (χ1) is 16.6. The number of hydrogen-bond donors (Lipinski definition) is 1. The normalized spacial score (nSPS) is 11.6. The number of carbonyl (C=O) groups excluding carboxylic acids is 2. The second-order valence-electron chi connectivity index (χ2n) is 8.88. The van der Waals surface area contributed by atoms with Crippen LogP contribution < -0.4 is 5.32 Å². The SMILES string of the molecule is CCOC(=O)CCCCc1ccc(CCNC(=O)Cc2cccc3c2Cc2ccccc2-3)cc1. The van der Waals surface area contributed by atoms with E-state index in [-0.39, 0.29) is 11.9 Å². The number of unbranched alkanes of at least 4 members (excludes halogenated alkanes) is 1. The maximum absolute atomic E-state index is 12.6. The van der Waals surface area contributed by atoms with Crippen molar-refractivity contribution >= 4 is 11.9 Å². The summed E-state index contributed by atoms with van der Waals surface area (Å²) in [5.74, 6) is -0.0378. The van der Waals surface area contributed by atoms with Gasteiger partial charge in [-0.1, -0.05) is 66.7 Å². The van der Waals surface area contributed by atoms with Crippen molar-refractivity contribution in [2.24, 2.45) is 0 Å². The van der Waals surface area contributed by atoms with E-state index < -0.39 is 0 Å². The first-order valence-corrected chi connectivity index (χ1v) is 12.3. The van der Waals surface area contributed by atoms with Crippen LogP contribution in [0.15, 0.2) is 66.7 Å². The van der Waals surface area contributed by atoms with Gasteiger partial charge in [0.25, 0.3) is 0 Å². The molecular formula is C30H33NO3. The summed E-state index contributed by atoms with van der Waals surface area (Å²) in [7, 11) is 0. The highest BCUT2D eigenvalue weighted by Crippen LogP contribution is 2.38. The third-order valence-corrected chi connectivity index (χ3v) is 6.46. The van der Waals surface area contributed by atoms with Crippen molar-refractivity contribution in [3.05, 3.63) is 94.5 Å². The highest BCUT2D eigenvalue weighted by atomic mass is 16.5. The van der Waals surface area contributed by atoms with Crippen LogP contribution in [0.1, 0.15) is 54.0 Å². The largest absolute Gasteiger partial charge is 0.466 e. The fourth-order valence-electron chi connectivity index (χ4n) is 4.67. The molecule has 0 aromatic heterocycles. The first-order valence-electron chi connectivity index (χ1n) is 12.3. The third-order valence-electron chi connectivity index (χ3n) is 6.46. The lowest BCUT2D eigenvalue weighted by atomic mass is 9.99. The molecule has 0 saturated carbocycles. The van der Waals surface area contributed by atoms with Crippen LogP contribution in [0.3, 0.4) is 0 Å². The van der Waals surface area contributed by atoms with Gasteiger partial charge in [0.2, 0.25) is 5.91 Å². The molecule has 1 N–H and O–H groups in total. The molecule has 4 heteroatoms. The molecule has 34 heavy (non-hydrogen) atoms. The van der Waals surface area contributed by atoms with E-state index in [4.69, 9.17) is 4.74 Å². The molecular weight excluding hydrogens is 422 g/mol. The Hall–Kier alpha value is -3.40. The average molecular weight is 456 g/mol. The van der Waals surface area contributed by atoms with E-state index in [2.05, 4.69) is 72.0 Å². The number of esters is 1. The number of carbonyl (C=O) groups is 2. The highest BCUT2D eigenvalue weighted by molar-refractivity contribution is 5.83. The number of rotatable bonds is 11. The Morgan fingerprint density at radius 3 is 2.38 bits per heavy atom. The number of aryl methyl sites for hydroxylation is 1. The number of amides is 1. The second-order valence-corrected chi connectivity index (χ2v) is 8.88. The molecule has 0 aliphatic heterocycles. The van der Waals surface area contributed by atoms with E-state index in [1.54, 1.807) is 0 Å². The minimum atomic E-state index is -0.110. The van der Waals surface area contributed by atoms with Gasteiger partial charge in [-0.05, 0) is 78.0 Å². The van der Waals surface area contributed by atoms with Gasteiger partial charge >= 0.3 is 5.97 Å². The smallest absolute Gasteiger partial charge is 0.305 e. The Morgan fingerprint density at radius 2 is 1.59 bits per heavy atom. The molecule has 1 amide bonds. The molecule has 1 aliphatic carbocycles. The van der Waals surface area contributed by atoms with Crippen molar-refractivity contribution in [3.63, 3.8) is 0 Å². The molecule has 0 fully saturated rings. The fraction of sp³-hybridized carbons (Fsp3) is 0.333. The number of hydrogen-bond acceptors (Lipinski definition) is 3. The van der Waals surface area contributed by atoms with E-state index in [0.29, 0.717) is 26.0 Å². The van der Waals surface area contributed by atoms with Crippen LogP contribution in [0, 0.1) is 0 Å². The molecule has 3 aromatic carbocycles. The summed E-state index contributed by atoms with van der Waals surface area (Å²) in [5, 5.41) is 3.09. The Kier molecular flexibility index (Phi) is 8.13. The molecule has 176 valence electrons. The van der Waals surface area contributed by atoms with E-state index in [1.807, 2.05) is 6.92 Å². The molecule has 1 aliphatic rings. The summed E-state index contributed by atoms with van der Waals surface area (Å²) in [6, 6.07) is 23.3. The summed E-state index contributed by atoms with van der Waals surface area (Å²) >= 11 is 0. The maximum atomic E-state index is 12.6. The van der Waals surface area contributed by atoms with Gasteiger partial charge < -0.3 is 10.1 Å². The lowest BCUT2D eigenvalue weighted by Crippen LogP contribution is -2.27. The van der Waals surface area contributed by atoms with Crippen LogP contribution in [-0.2, 0) is 40.0 Å². The monoisotopic (exact) mass is 455 g/mol. The maximum Gasteiger partial charge on any atom is 0.305 e. The topological polar surface area (TPSA) is 55.4 Å². The van der Waals surface area contributed by atoms with Crippen LogP contribution in [0.5, 0.6) is 0 Å². The van der Waals surface area contributed by atoms with E-state index in [9.17, 15) is 9.59 Å². The second kappa shape index (κ2) is 11.6. The lowest BCUT2D eigenvalue weighted by molar-refractivity contribution is -0.143. The van der Waals surface area contributed by atoms with Gasteiger partial charge in [-0.25, -0.2) is 0 Å². The molecule has 0 radical (unpaired) electrons. The summed E-state index contributed by atoms with van der Waals surface area (Å²) in [5.41, 5.74) is 8.80. The minimum absolute atomic E-state index is 0.0718. The van der Waals surface area contributed by atoms with Crippen molar-refractivity contribution in [3.8, 4) is 11.1 Å². The van der Waals surface area contributed by atoms with Gasteiger partial charge in [0.05, 0.1) is 13.0 Å². The van der Waals surface area contributed by atoms with Gasteiger partial charge in [0, 0.05) is 13.0 Å². The lowest BCUT2D eigenvalue weighted by Gasteiger charge is -2.10. The van der Waals surface area contributed by atoms with Crippen LogP contribution >= 0.6 is 0 Å². The molecule has 0 heterocycles. The van der Waals surface area contributed by atoms with Gasteiger partial charge in [-0.15, -0.1) is 0 Å². The molecule has 0 atom stereocenters. The number of ether oxygens (including phenoxy) is 1. The van der Waals surface area contributed by atoms with E-state index >= 15 is 0 Å². The Balaban J connectivity index is 1.20. The molecule has 3 aromatic rings. The summed E-state index contributed by atoms with van der Waals surface area (Å²) in [4.78, 5) is 24.0. The molecule has 0 spiro atoms. The standard InChI is InChI=1S/C30H33NO3/c1-2-34-30(33)13-6-3-8-22-14-16-23(17-15-22)18-19-31-29(32)21-25-10-7-12-27-26-11-5-4-9-24(26)20-28(25)27/h4-5,7,9-12,14-17H,2-3,6,8,13,18-21H2,1H3,(H,31,32). The average Bonchev–Trinajstić information content (AvgIpc) is 3.23. The van der Waals surface area contributed by atoms with Crippen molar-refractivity contribution in [2.45, 2.75) is 51.9 Å². The Morgan fingerprint density at radius 1 is 0.853 bits per heavy atom. The number of nitrogens with one attached hydrogen (secondary N) is 1.